The second-order valence-corrected chi connectivity index (χ2v) is 11.7. The Morgan fingerprint density at radius 2 is 1.63 bits per heavy atom. The molecular formula is C27H37ClN5O7P. The molecule has 12 nitrogen and oxygen atoms in total. The van der Waals surface area contributed by atoms with Crippen molar-refractivity contribution in [2.45, 2.75) is 39.7 Å². The number of piperazine rings is 1. The van der Waals surface area contributed by atoms with Crippen LogP contribution in [-0.4, -0.2) is 95.9 Å². The lowest BCUT2D eigenvalue weighted by Gasteiger charge is -2.36. The third kappa shape index (κ3) is 9.49. The van der Waals surface area contributed by atoms with Gasteiger partial charge in [0, 0.05) is 37.8 Å². The van der Waals surface area contributed by atoms with Crippen LogP contribution >= 0.6 is 19.2 Å². The lowest BCUT2D eigenvalue weighted by molar-refractivity contribution is -0.134. The minimum Gasteiger partial charge on any atom is -0.449 e. The molecule has 0 bridgehead atoms. The fourth-order valence-electron chi connectivity index (χ4n) is 4.15. The maximum absolute atomic E-state index is 13.7. The van der Waals surface area contributed by atoms with Gasteiger partial charge in [-0.3, -0.25) is 14.2 Å². The highest BCUT2D eigenvalue weighted by molar-refractivity contribution is 7.54. The van der Waals surface area contributed by atoms with Crippen LogP contribution in [0.3, 0.4) is 0 Å². The van der Waals surface area contributed by atoms with Gasteiger partial charge < -0.3 is 28.9 Å². The van der Waals surface area contributed by atoms with E-state index >= 15 is 0 Å². The summed E-state index contributed by atoms with van der Waals surface area (Å²) >= 11 is 6.20. The molecule has 0 aliphatic carbocycles. The zero-order valence-corrected chi connectivity index (χ0v) is 25.2. The Bertz CT molecular complexity index is 1220. The second kappa shape index (κ2) is 15.8. The largest absolute Gasteiger partial charge is 0.449 e. The van der Waals surface area contributed by atoms with E-state index in [0.717, 1.165) is 12.8 Å². The average molecular weight is 610 g/mol. The first-order chi connectivity index (χ1) is 19.7. The number of unbranched alkanes of at least 4 members (excludes halogenated alkanes) is 1. The molecule has 2 aromatic rings. The number of benzene rings is 1. The summed E-state index contributed by atoms with van der Waals surface area (Å²) in [5, 5.41) is 2.71. The fraction of sp³-hybridized carbons (Fsp3) is 0.519. The molecule has 1 aromatic heterocycles. The molecule has 1 N–H and O–H groups in total. The van der Waals surface area contributed by atoms with Gasteiger partial charge in [0.25, 0.3) is 5.91 Å². The maximum Gasteiger partial charge on any atom is 0.409 e. The van der Waals surface area contributed by atoms with Crippen molar-refractivity contribution in [3.8, 4) is 11.4 Å². The van der Waals surface area contributed by atoms with Gasteiger partial charge in [0.2, 0.25) is 5.91 Å². The Labute approximate surface area is 245 Å². The van der Waals surface area contributed by atoms with Gasteiger partial charge in [0.05, 0.1) is 26.0 Å². The molecular weight excluding hydrogens is 573 g/mol. The van der Waals surface area contributed by atoms with Gasteiger partial charge in [-0.2, -0.15) is 0 Å². The third-order valence-electron chi connectivity index (χ3n) is 6.19. The number of rotatable bonds is 13. The number of nitrogens with one attached hydrogen (secondary N) is 1. The van der Waals surface area contributed by atoms with E-state index in [1.54, 1.807) is 38.1 Å². The SMILES string of the molecule is CCCCOC(=O)N1CCN(C(=O)C(CP(=O)(OCC)OCC)NC(=O)c2cc(Cl)nc(-c3ccccc3)n2)CC1. The molecule has 1 saturated heterocycles. The number of hydrogen-bond donors (Lipinski definition) is 1. The van der Waals surface area contributed by atoms with Crippen LogP contribution in [0.4, 0.5) is 4.79 Å². The van der Waals surface area contributed by atoms with Gasteiger partial charge in [-0.15, -0.1) is 0 Å². The van der Waals surface area contributed by atoms with Gasteiger partial charge in [-0.05, 0) is 20.3 Å². The number of nitrogens with zero attached hydrogens (tertiary/aromatic N) is 4. The summed E-state index contributed by atoms with van der Waals surface area (Å²) in [4.78, 5) is 51.0. The zero-order chi connectivity index (χ0) is 29.8. The van der Waals surface area contributed by atoms with Crippen LogP contribution in [0.2, 0.25) is 5.15 Å². The monoisotopic (exact) mass is 609 g/mol. The first kappa shape index (κ1) is 32.5. The van der Waals surface area contributed by atoms with Gasteiger partial charge >= 0.3 is 13.7 Å². The van der Waals surface area contributed by atoms with E-state index in [9.17, 15) is 18.9 Å². The zero-order valence-electron chi connectivity index (χ0n) is 23.6. The molecule has 3 amide bonds. The topological polar surface area (TPSA) is 140 Å². The summed E-state index contributed by atoms with van der Waals surface area (Å²) < 4.78 is 29.5. The standard InChI is InChI=1S/C27H37ClN5O7P/c1-4-7-17-38-27(36)33-15-13-32(14-16-33)26(35)22(19-41(37,39-5-2)40-6-3)30-25(34)21-18-23(28)31-24(29-21)20-11-9-8-10-12-20/h8-12,18,22H,4-7,13-17,19H2,1-3H3,(H,30,34). The van der Waals surface area contributed by atoms with Crippen LogP contribution in [0, 0.1) is 0 Å². The number of hydrogen-bond acceptors (Lipinski definition) is 9. The summed E-state index contributed by atoms with van der Waals surface area (Å²) in [5.74, 6) is -0.953. The van der Waals surface area contributed by atoms with E-state index in [1.807, 2.05) is 13.0 Å². The minimum absolute atomic E-state index is 0.0446. The molecule has 0 spiro atoms. The summed E-state index contributed by atoms with van der Waals surface area (Å²) in [7, 11) is -3.74. The summed E-state index contributed by atoms with van der Waals surface area (Å²) in [6.07, 6.45) is 0.867. The molecule has 2 heterocycles. The predicted molar refractivity (Wildman–Crippen MR) is 154 cm³/mol. The number of carbonyl (C=O) groups excluding carboxylic acids is 3. The molecule has 1 fully saturated rings. The summed E-state index contributed by atoms with van der Waals surface area (Å²) in [6, 6.07) is 9.03. The van der Waals surface area contributed by atoms with Crippen LogP contribution < -0.4 is 5.32 Å². The van der Waals surface area contributed by atoms with Gasteiger partial charge in [0.1, 0.15) is 16.9 Å². The van der Waals surface area contributed by atoms with Crippen molar-refractivity contribution in [3.63, 3.8) is 0 Å². The number of aromatic nitrogens is 2. The van der Waals surface area contributed by atoms with Crippen molar-refractivity contribution in [2.24, 2.45) is 0 Å². The van der Waals surface area contributed by atoms with Crippen molar-refractivity contribution in [2.75, 3.05) is 52.2 Å². The Morgan fingerprint density at radius 3 is 2.24 bits per heavy atom. The van der Waals surface area contributed by atoms with Gasteiger partial charge in [0.15, 0.2) is 5.82 Å². The van der Waals surface area contributed by atoms with Crippen LogP contribution in [-0.2, 0) is 23.1 Å². The molecule has 0 saturated carbocycles. The van der Waals surface area contributed by atoms with Crippen molar-refractivity contribution in [3.05, 3.63) is 47.2 Å². The van der Waals surface area contributed by atoms with E-state index < -0.39 is 31.5 Å². The minimum atomic E-state index is -3.74. The third-order valence-corrected chi connectivity index (χ3v) is 8.50. The number of carbonyl (C=O) groups is 3. The quantitative estimate of drug-likeness (QED) is 0.200. The molecule has 1 aliphatic heterocycles. The van der Waals surface area contributed by atoms with Gasteiger partial charge in [-0.1, -0.05) is 55.3 Å². The van der Waals surface area contributed by atoms with E-state index in [0.29, 0.717) is 12.2 Å². The lowest BCUT2D eigenvalue weighted by atomic mass is 10.2. The molecule has 3 rings (SSSR count). The molecule has 1 aliphatic rings. The fourth-order valence-corrected chi connectivity index (χ4v) is 6.10. The summed E-state index contributed by atoms with van der Waals surface area (Å²) in [5.41, 5.74) is 0.587. The number of halogens is 1. The molecule has 14 heteroatoms. The van der Waals surface area contributed by atoms with Crippen molar-refractivity contribution in [1.82, 2.24) is 25.1 Å². The van der Waals surface area contributed by atoms with E-state index in [-0.39, 0.29) is 62.2 Å². The van der Waals surface area contributed by atoms with Crippen LogP contribution in [0.5, 0.6) is 0 Å². The van der Waals surface area contributed by atoms with Crippen LogP contribution in [0.25, 0.3) is 11.4 Å². The molecule has 1 unspecified atom stereocenters. The van der Waals surface area contributed by atoms with Crippen LogP contribution in [0.15, 0.2) is 36.4 Å². The lowest BCUT2D eigenvalue weighted by Crippen LogP contribution is -2.57. The van der Waals surface area contributed by atoms with Crippen molar-refractivity contribution >= 4 is 37.1 Å². The highest BCUT2D eigenvalue weighted by Crippen LogP contribution is 2.48. The number of amides is 3. The second-order valence-electron chi connectivity index (χ2n) is 9.20. The maximum atomic E-state index is 13.7. The predicted octanol–water partition coefficient (Wildman–Crippen LogP) is 4.24. The molecule has 1 aromatic carbocycles. The molecule has 0 radical (unpaired) electrons. The average Bonchev–Trinajstić information content (AvgIpc) is 2.97. The number of ether oxygens (including phenoxy) is 1. The molecule has 1 atom stereocenters. The van der Waals surface area contributed by atoms with E-state index in [4.69, 9.17) is 25.4 Å². The highest BCUT2D eigenvalue weighted by Gasteiger charge is 2.37. The van der Waals surface area contributed by atoms with Gasteiger partial charge in [-0.25, -0.2) is 14.8 Å². The van der Waals surface area contributed by atoms with Crippen LogP contribution in [0.1, 0.15) is 44.1 Å². The molecule has 224 valence electrons. The first-order valence-corrected chi connectivity index (χ1v) is 15.8. The van der Waals surface area contributed by atoms with Crippen molar-refractivity contribution < 1.29 is 32.7 Å². The normalized spacial score (nSPS) is 14.4. The Hall–Kier alpha value is -3.05. The Balaban J connectivity index is 1.79. The highest BCUT2D eigenvalue weighted by atomic mass is 35.5. The van der Waals surface area contributed by atoms with Crippen molar-refractivity contribution in [1.29, 1.82) is 0 Å². The summed E-state index contributed by atoms with van der Waals surface area (Å²) in [6.45, 7) is 6.78. The smallest absolute Gasteiger partial charge is 0.409 e. The van der Waals surface area contributed by atoms with E-state index in [2.05, 4.69) is 15.3 Å². The van der Waals surface area contributed by atoms with E-state index in [1.165, 1.54) is 15.9 Å². The Morgan fingerprint density at radius 1 is 1.00 bits per heavy atom. The first-order valence-electron chi connectivity index (χ1n) is 13.7. The molecule has 41 heavy (non-hydrogen) atoms. The Kier molecular flexibility index (Phi) is 12.5.